The smallest absolute Gasteiger partial charge is 0.354 e. The molecule has 0 saturated carbocycles. The van der Waals surface area contributed by atoms with Crippen molar-refractivity contribution in [3.8, 4) is 0 Å². The Morgan fingerprint density at radius 1 is 1.03 bits per heavy atom. The lowest BCUT2D eigenvalue weighted by Gasteiger charge is -2.42. The third-order valence-corrected chi connectivity index (χ3v) is 9.13. The molecular formula is C29H28N2O6S. The van der Waals surface area contributed by atoms with Crippen LogP contribution in [0, 0.1) is 6.92 Å². The van der Waals surface area contributed by atoms with Gasteiger partial charge in [0.15, 0.2) is 0 Å². The van der Waals surface area contributed by atoms with E-state index in [1.165, 1.54) is 18.5 Å². The van der Waals surface area contributed by atoms with Crippen molar-refractivity contribution >= 4 is 27.6 Å². The molecule has 6 rings (SSSR count). The maximum Gasteiger partial charge on any atom is 0.354 e. The Labute approximate surface area is 222 Å². The van der Waals surface area contributed by atoms with Crippen LogP contribution in [0.2, 0.25) is 0 Å². The van der Waals surface area contributed by atoms with Crippen LogP contribution < -0.4 is 4.31 Å². The van der Waals surface area contributed by atoms with Crippen LogP contribution >= 0.6 is 0 Å². The Balaban J connectivity index is 1.93. The van der Waals surface area contributed by atoms with Gasteiger partial charge >= 0.3 is 11.9 Å². The van der Waals surface area contributed by atoms with E-state index in [-0.39, 0.29) is 16.2 Å². The number of sulfonamides is 1. The fourth-order valence-electron chi connectivity index (χ4n) is 5.59. The third-order valence-electron chi connectivity index (χ3n) is 7.39. The summed E-state index contributed by atoms with van der Waals surface area (Å²) in [6.07, 6.45) is 5.55. The van der Waals surface area contributed by atoms with Gasteiger partial charge in [-0.2, -0.15) is 0 Å². The number of benzene rings is 2. The summed E-state index contributed by atoms with van der Waals surface area (Å²) >= 11 is 0. The number of hydrogen-bond acceptors (Lipinski definition) is 7. The average molecular weight is 533 g/mol. The number of hydrogen-bond donors (Lipinski definition) is 0. The molecule has 8 nitrogen and oxygen atoms in total. The number of nitrogens with zero attached hydrogens (tertiary/aromatic N) is 2. The minimum absolute atomic E-state index is 0.0529. The first-order valence-corrected chi connectivity index (χ1v) is 13.6. The van der Waals surface area contributed by atoms with Crippen molar-refractivity contribution in [2.75, 3.05) is 31.6 Å². The van der Waals surface area contributed by atoms with Crippen molar-refractivity contribution in [3.63, 3.8) is 0 Å². The highest BCUT2D eigenvalue weighted by Crippen LogP contribution is 2.58. The molecule has 0 fully saturated rings. The number of para-hydroxylation sites is 1. The van der Waals surface area contributed by atoms with Crippen LogP contribution in [0.5, 0.6) is 0 Å². The summed E-state index contributed by atoms with van der Waals surface area (Å²) in [6, 6.07) is 13.7. The molecule has 4 aliphatic rings. The summed E-state index contributed by atoms with van der Waals surface area (Å²) in [6.45, 7) is 6.46. The number of allylic oxidation sites excluding steroid dienone is 4. The first-order valence-electron chi connectivity index (χ1n) is 12.1. The van der Waals surface area contributed by atoms with Gasteiger partial charge in [0, 0.05) is 13.1 Å². The average Bonchev–Trinajstić information content (AvgIpc) is 3.25. The van der Waals surface area contributed by atoms with Crippen molar-refractivity contribution in [3.05, 3.63) is 107 Å². The summed E-state index contributed by atoms with van der Waals surface area (Å²) in [5, 5.41) is 0. The van der Waals surface area contributed by atoms with E-state index in [1.807, 2.05) is 13.0 Å². The molecule has 1 spiro atoms. The fourth-order valence-corrected chi connectivity index (χ4v) is 7.17. The molecule has 0 amide bonds. The van der Waals surface area contributed by atoms with Crippen molar-refractivity contribution in [2.45, 2.75) is 23.7 Å². The lowest BCUT2D eigenvalue weighted by molar-refractivity contribution is -0.142. The number of carbonyl (C=O) groups excluding carboxylic acids is 2. The Kier molecular flexibility index (Phi) is 6.27. The van der Waals surface area contributed by atoms with E-state index in [0.717, 1.165) is 5.56 Å². The zero-order chi connectivity index (χ0) is 27.2. The van der Waals surface area contributed by atoms with Gasteiger partial charge in [-0.05, 0) is 48.8 Å². The molecule has 0 aliphatic carbocycles. The zero-order valence-corrected chi connectivity index (χ0v) is 22.2. The highest BCUT2D eigenvalue weighted by atomic mass is 32.2. The van der Waals surface area contributed by atoms with Crippen molar-refractivity contribution < 1.29 is 27.5 Å². The quantitative estimate of drug-likeness (QED) is 0.542. The van der Waals surface area contributed by atoms with Crippen molar-refractivity contribution in [1.82, 2.24) is 4.90 Å². The number of esters is 2. The first-order chi connectivity index (χ1) is 18.2. The van der Waals surface area contributed by atoms with Crippen LogP contribution in [-0.4, -0.2) is 52.6 Å². The van der Waals surface area contributed by atoms with Gasteiger partial charge in [-0.1, -0.05) is 54.6 Å². The van der Waals surface area contributed by atoms with E-state index in [9.17, 15) is 18.0 Å². The van der Waals surface area contributed by atoms with Gasteiger partial charge in [-0.3, -0.25) is 0 Å². The molecule has 4 heterocycles. The van der Waals surface area contributed by atoms with Crippen LogP contribution in [-0.2, 0) is 34.5 Å². The van der Waals surface area contributed by atoms with Gasteiger partial charge in [0.05, 0.1) is 41.5 Å². The largest absolute Gasteiger partial charge is 0.466 e. The Morgan fingerprint density at radius 2 is 1.71 bits per heavy atom. The number of carbonyl (C=O) groups is 2. The molecule has 0 saturated heterocycles. The molecule has 196 valence electrons. The predicted molar refractivity (Wildman–Crippen MR) is 143 cm³/mol. The van der Waals surface area contributed by atoms with Gasteiger partial charge < -0.3 is 14.4 Å². The van der Waals surface area contributed by atoms with Gasteiger partial charge in [0.2, 0.25) is 0 Å². The Bertz CT molecular complexity index is 1550. The molecule has 1 atom stereocenters. The molecule has 0 radical (unpaired) electrons. The molecule has 0 N–H and O–H groups in total. The molecule has 0 aromatic heterocycles. The third kappa shape index (κ3) is 3.60. The summed E-state index contributed by atoms with van der Waals surface area (Å²) in [5.41, 5.74) is 1.72. The monoisotopic (exact) mass is 532 g/mol. The highest BCUT2D eigenvalue weighted by molar-refractivity contribution is 7.93. The molecule has 38 heavy (non-hydrogen) atoms. The number of fused-ring (bicyclic) bond motifs is 4. The Hall–Kier alpha value is -4.11. The molecular weight excluding hydrogens is 504 g/mol. The minimum Gasteiger partial charge on any atom is -0.466 e. The summed E-state index contributed by atoms with van der Waals surface area (Å²) in [4.78, 5) is 28.7. The minimum atomic E-state index is -4.14. The highest BCUT2D eigenvalue weighted by Gasteiger charge is 2.59. The van der Waals surface area contributed by atoms with Gasteiger partial charge in [-0.15, -0.1) is 0 Å². The van der Waals surface area contributed by atoms with E-state index in [0.29, 0.717) is 42.0 Å². The van der Waals surface area contributed by atoms with Crippen LogP contribution in [0.4, 0.5) is 5.69 Å². The maximum absolute atomic E-state index is 14.3. The number of aryl methyl sites for hydroxylation is 1. The van der Waals surface area contributed by atoms with Crippen molar-refractivity contribution in [2.24, 2.45) is 0 Å². The number of methoxy groups -OCH3 is 2. The van der Waals surface area contributed by atoms with E-state index in [4.69, 9.17) is 9.47 Å². The molecule has 9 heteroatoms. The van der Waals surface area contributed by atoms with Gasteiger partial charge in [-0.25, -0.2) is 22.3 Å². The number of rotatable bonds is 5. The number of ether oxygens (including phenoxy) is 2. The van der Waals surface area contributed by atoms with Crippen LogP contribution in [0.1, 0.15) is 17.5 Å². The SMILES string of the molecule is C=CC1=C/CN2CCC3(C(C(=O)OC)=C2C(=O)OC)/C(=C\1)N(S(=O)(=O)c1ccc(C)cc1)c1ccccc13. The van der Waals surface area contributed by atoms with Gasteiger partial charge in [0.1, 0.15) is 5.70 Å². The maximum atomic E-state index is 14.3. The van der Waals surface area contributed by atoms with Gasteiger partial charge in [0.25, 0.3) is 10.0 Å². The Morgan fingerprint density at radius 3 is 2.37 bits per heavy atom. The summed E-state index contributed by atoms with van der Waals surface area (Å²) in [7, 11) is -1.65. The van der Waals surface area contributed by atoms with Crippen LogP contribution in [0.25, 0.3) is 0 Å². The van der Waals surface area contributed by atoms with E-state index < -0.39 is 27.4 Å². The topological polar surface area (TPSA) is 93.2 Å². The van der Waals surface area contributed by atoms with Crippen LogP contribution in [0.15, 0.2) is 101 Å². The second-order valence-corrected chi connectivity index (χ2v) is 11.1. The van der Waals surface area contributed by atoms with E-state index >= 15 is 0 Å². The normalized spacial score (nSPS) is 23.1. The number of anilines is 1. The predicted octanol–water partition coefficient (Wildman–Crippen LogP) is 3.76. The van der Waals surface area contributed by atoms with Crippen molar-refractivity contribution in [1.29, 1.82) is 0 Å². The standard InChI is InChI=1S/C29H28N2O6S/c1-5-20-14-16-30-17-15-29(25(27(32)36-3)26(30)28(33)37-4)22-8-6-7-9-23(22)31(24(29)18-20)38(34,35)21-12-10-19(2)11-13-21/h5-14,18H,1,15-17H2,2-4H3/b20-14-,24-18+. The molecule has 4 aliphatic heterocycles. The molecule has 2 aromatic rings. The summed E-state index contributed by atoms with van der Waals surface area (Å²) in [5.74, 6) is -1.43. The fraction of sp³-hybridized carbons (Fsp3) is 0.241. The first kappa shape index (κ1) is 25.5. The molecule has 2 bridgehead atoms. The van der Waals surface area contributed by atoms with E-state index in [2.05, 4.69) is 6.58 Å². The zero-order valence-electron chi connectivity index (χ0n) is 21.4. The lowest BCUT2D eigenvalue weighted by Crippen LogP contribution is -2.48. The van der Waals surface area contributed by atoms with E-state index in [1.54, 1.807) is 65.6 Å². The summed E-state index contributed by atoms with van der Waals surface area (Å²) < 4.78 is 40.3. The molecule has 2 aromatic carbocycles. The molecule has 1 unspecified atom stereocenters. The second kappa shape index (κ2) is 9.33. The van der Waals surface area contributed by atoms with Crippen LogP contribution in [0.3, 0.4) is 0 Å². The lowest BCUT2D eigenvalue weighted by atomic mass is 9.68. The second-order valence-electron chi connectivity index (χ2n) is 9.35.